The maximum absolute atomic E-state index is 12.1. The van der Waals surface area contributed by atoms with Crippen LogP contribution in [0, 0.1) is 0 Å². The van der Waals surface area contributed by atoms with Crippen molar-refractivity contribution in [3.05, 3.63) is 53.3 Å². The Hall–Kier alpha value is -2.93. The van der Waals surface area contributed by atoms with Crippen LogP contribution in [0.25, 0.3) is 0 Å². The minimum absolute atomic E-state index is 0.00296. The number of benzene rings is 1. The number of ether oxygens (including phenoxy) is 1. The van der Waals surface area contributed by atoms with Crippen LogP contribution in [0.5, 0.6) is 5.75 Å². The van der Waals surface area contributed by atoms with Crippen LogP contribution in [0.4, 0.5) is 5.69 Å². The Kier molecular flexibility index (Phi) is 6.47. The summed E-state index contributed by atoms with van der Waals surface area (Å²) in [6.45, 7) is 1.64. The van der Waals surface area contributed by atoms with E-state index in [0.717, 1.165) is 0 Å². The third kappa shape index (κ3) is 5.58. The van der Waals surface area contributed by atoms with Gasteiger partial charge in [0.1, 0.15) is 5.75 Å². The van der Waals surface area contributed by atoms with Crippen LogP contribution in [0.15, 0.2) is 47.8 Å². The van der Waals surface area contributed by atoms with Gasteiger partial charge in [-0.05, 0) is 37.3 Å². The van der Waals surface area contributed by atoms with E-state index in [2.05, 4.69) is 20.8 Å². The molecule has 0 spiro atoms. The van der Waals surface area contributed by atoms with E-state index < -0.39 is 5.91 Å². The molecule has 2 aromatic rings. The largest absolute Gasteiger partial charge is 0.495 e. The molecule has 1 heterocycles. The van der Waals surface area contributed by atoms with Crippen molar-refractivity contribution >= 4 is 34.8 Å². The van der Waals surface area contributed by atoms with E-state index >= 15 is 0 Å². The van der Waals surface area contributed by atoms with Crippen molar-refractivity contribution in [1.29, 1.82) is 0 Å². The standard InChI is InChI=1S/C17H17ClN4O3/c1-11(21-22-17(24)12-4-3-7-19-10-12)8-16(23)20-14-9-13(18)5-6-15(14)25-2/h3-7,9-10H,8H2,1-2H3,(H,20,23)(H,22,24)/b21-11+. The molecule has 0 aliphatic carbocycles. The molecule has 8 heteroatoms. The number of rotatable bonds is 6. The van der Waals surface area contributed by atoms with Gasteiger partial charge in [0.2, 0.25) is 5.91 Å². The van der Waals surface area contributed by atoms with Crippen molar-refractivity contribution in [1.82, 2.24) is 10.4 Å². The van der Waals surface area contributed by atoms with Crippen molar-refractivity contribution in [3.8, 4) is 5.75 Å². The highest BCUT2D eigenvalue weighted by Crippen LogP contribution is 2.27. The van der Waals surface area contributed by atoms with Gasteiger partial charge >= 0.3 is 0 Å². The zero-order valence-corrected chi connectivity index (χ0v) is 14.5. The first kappa shape index (κ1) is 18.4. The number of nitrogens with one attached hydrogen (secondary N) is 2. The monoisotopic (exact) mass is 360 g/mol. The molecule has 0 fully saturated rings. The summed E-state index contributed by atoms with van der Waals surface area (Å²) in [7, 11) is 1.50. The molecule has 130 valence electrons. The number of hydrogen-bond donors (Lipinski definition) is 2. The van der Waals surface area contributed by atoms with Crippen LogP contribution in [0.1, 0.15) is 23.7 Å². The van der Waals surface area contributed by atoms with E-state index in [-0.39, 0.29) is 12.3 Å². The minimum atomic E-state index is -0.399. The average Bonchev–Trinajstić information content (AvgIpc) is 2.60. The number of carbonyl (C=O) groups excluding carboxylic acids is 2. The summed E-state index contributed by atoms with van der Waals surface area (Å²) < 4.78 is 5.17. The minimum Gasteiger partial charge on any atom is -0.495 e. The van der Waals surface area contributed by atoms with Gasteiger partial charge in [-0.1, -0.05) is 11.6 Å². The van der Waals surface area contributed by atoms with Crippen molar-refractivity contribution < 1.29 is 14.3 Å². The number of amides is 2. The van der Waals surface area contributed by atoms with Crippen LogP contribution in [0.2, 0.25) is 5.02 Å². The summed E-state index contributed by atoms with van der Waals surface area (Å²) in [5.74, 6) is -0.209. The zero-order valence-electron chi connectivity index (χ0n) is 13.7. The number of aromatic nitrogens is 1. The molecule has 0 bridgehead atoms. The number of halogens is 1. The average molecular weight is 361 g/mol. The van der Waals surface area contributed by atoms with Crippen LogP contribution < -0.4 is 15.5 Å². The fourth-order valence-corrected chi connectivity index (χ4v) is 2.12. The molecule has 2 rings (SSSR count). The number of nitrogens with zero attached hydrogens (tertiary/aromatic N) is 2. The van der Waals surface area contributed by atoms with Gasteiger partial charge in [0.25, 0.3) is 5.91 Å². The van der Waals surface area contributed by atoms with Gasteiger partial charge in [0.15, 0.2) is 0 Å². The Bertz CT molecular complexity index is 794. The predicted molar refractivity (Wildman–Crippen MR) is 96.1 cm³/mol. The summed E-state index contributed by atoms with van der Waals surface area (Å²) in [5, 5.41) is 7.09. The topological polar surface area (TPSA) is 92.7 Å². The number of methoxy groups -OCH3 is 1. The number of carbonyl (C=O) groups is 2. The second-order valence-electron chi connectivity index (χ2n) is 5.10. The second kappa shape index (κ2) is 8.79. The fourth-order valence-electron chi connectivity index (χ4n) is 1.95. The van der Waals surface area contributed by atoms with E-state index in [0.29, 0.717) is 27.7 Å². The normalized spacial score (nSPS) is 10.9. The van der Waals surface area contributed by atoms with Crippen LogP contribution in [0.3, 0.4) is 0 Å². The number of pyridine rings is 1. The van der Waals surface area contributed by atoms with Crippen molar-refractivity contribution in [2.75, 3.05) is 12.4 Å². The first-order valence-electron chi connectivity index (χ1n) is 7.36. The molecule has 0 aliphatic rings. The van der Waals surface area contributed by atoms with Crippen molar-refractivity contribution in [2.45, 2.75) is 13.3 Å². The summed E-state index contributed by atoms with van der Waals surface area (Å²) >= 11 is 5.92. The molecule has 1 aromatic carbocycles. The molecule has 7 nitrogen and oxygen atoms in total. The lowest BCUT2D eigenvalue weighted by Gasteiger charge is -2.10. The molecular formula is C17H17ClN4O3. The van der Waals surface area contributed by atoms with Crippen LogP contribution >= 0.6 is 11.6 Å². The van der Waals surface area contributed by atoms with Crippen molar-refractivity contribution in [2.24, 2.45) is 5.10 Å². The molecule has 25 heavy (non-hydrogen) atoms. The van der Waals surface area contributed by atoms with Gasteiger partial charge in [-0.25, -0.2) is 5.43 Å². The molecule has 2 N–H and O–H groups in total. The molecule has 0 saturated heterocycles. The van der Waals surface area contributed by atoms with Crippen LogP contribution in [-0.2, 0) is 4.79 Å². The zero-order chi connectivity index (χ0) is 18.2. The van der Waals surface area contributed by atoms with Crippen molar-refractivity contribution in [3.63, 3.8) is 0 Å². The first-order chi connectivity index (χ1) is 12.0. The molecule has 0 atom stereocenters. The molecule has 2 amide bonds. The van der Waals surface area contributed by atoms with Gasteiger partial charge in [0.05, 0.1) is 24.8 Å². The summed E-state index contributed by atoms with van der Waals surface area (Å²) in [4.78, 5) is 27.8. The van der Waals surface area contributed by atoms with Crippen LogP contribution in [-0.4, -0.2) is 29.6 Å². The fraction of sp³-hybridized carbons (Fsp3) is 0.176. The van der Waals surface area contributed by atoms with E-state index in [4.69, 9.17) is 16.3 Å². The Morgan fingerprint density at radius 3 is 2.80 bits per heavy atom. The Morgan fingerprint density at radius 1 is 1.32 bits per heavy atom. The molecule has 1 aromatic heterocycles. The van der Waals surface area contributed by atoms with E-state index in [1.54, 1.807) is 43.5 Å². The molecule has 0 unspecified atom stereocenters. The lowest BCUT2D eigenvalue weighted by atomic mass is 10.2. The predicted octanol–water partition coefficient (Wildman–Crippen LogP) is 2.88. The summed E-state index contributed by atoms with van der Waals surface area (Å²) in [6, 6.07) is 8.18. The SMILES string of the molecule is COc1ccc(Cl)cc1NC(=O)C/C(C)=N/NC(=O)c1cccnc1. The maximum atomic E-state index is 12.1. The van der Waals surface area contributed by atoms with Gasteiger partial charge < -0.3 is 10.1 Å². The number of hydrazone groups is 1. The van der Waals surface area contributed by atoms with Gasteiger partial charge in [-0.15, -0.1) is 0 Å². The highest BCUT2D eigenvalue weighted by atomic mass is 35.5. The number of anilines is 1. The maximum Gasteiger partial charge on any atom is 0.272 e. The Labute approximate surface area is 150 Å². The van der Waals surface area contributed by atoms with Gasteiger partial charge in [-0.2, -0.15) is 5.10 Å². The second-order valence-corrected chi connectivity index (χ2v) is 5.54. The third-order valence-electron chi connectivity index (χ3n) is 3.12. The Morgan fingerprint density at radius 2 is 2.12 bits per heavy atom. The quantitative estimate of drug-likeness (QED) is 0.612. The molecule has 0 saturated carbocycles. The molecule has 0 aliphatic heterocycles. The van der Waals surface area contributed by atoms with E-state index in [9.17, 15) is 9.59 Å². The van der Waals surface area contributed by atoms with E-state index in [1.165, 1.54) is 13.3 Å². The summed E-state index contributed by atoms with van der Waals surface area (Å²) in [5.41, 5.74) is 3.67. The first-order valence-corrected chi connectivity index (χ1v) is 7.74. The lowest BCUT2D eigenvalue weighted by Crippen LogP contribution is -2.21. The number of hydrogen-bond acceptors (Lipinski definition) is 5. The van der Waals surface area contributed by atoms with Gasteiger partial charge in [0, 0.05) is 23.1 Å². The molecular weight excluding hydrogens is 344 g/mol. The highest BCUT2D eigenvalue weighted by Gasteiger charge is 2.10. The smallest absolute Gasteiger partial charge is 0.272 e. The van der Waals surface area contributed by atoms with Gasteiger partial charge in [-0.3, -0.25) is 14.6 Å². The highest BCUT2D eigenvalue weighted by molar-refractivity contribution is 6.31. The third-order valence-corrected chi connectivity index (χ3v) is 3.36. The lowest BCUT2D eigenvalue weighted by molar-refractivity contribution is -0.115. The molecule has 0 radical (unpaired) electrons. The Balaban J connectivity index is 1.94. The van der Waals surface area contributed by atoms with E-state index in [1.807, 2.05) is 0 Å². The summed E-state index contributed by atoms with van der Waals surface area (Å²) in [6.07, 6.45) is 3.00.